The van der Waals surface area contributed by atoms with Crippen molar-refractivity contribution in [3.05, 3.63) is 24.3 Å². The quantitative estimate of drug-likeness (QED) is 0.786. The SMILES string of the molecule is CC(C)CS(=O)(=O)Nc1ccc(OCCN)cc1. The third-order valence-electron chi connectivity index (χ3n) is 2.07. The standard InChI is InChI=1S/C12H20N2O3S/c1-10(2)9-18(15,16)14-11-3-5-12(6-4-11)17-8-7-13/h3-6,10,14H,7-9,13H2,1-2H3. The summed E-state index contributed by atoms with van der Waals surface area (Å²) in [4.78, 5) is 0. The van der Waals surface area contributed by atoms with Crippen LogP contribution in [0.2, 0.25) is 0 Å². The van der Waals surface area contributed by atoms with E-state index in [2.05, 4.69) is 4.72 Å². The zero-order chi connectivity index (χ0) is 13.6. The molecule has 0 aliphatic carbocycles. The molecule has 0 bridgehead atoms. The van der Waals surface area contributed by atoms with Crippen LogP contribution in [0.3, 0.4) is 0 Å². The van der Waals surface area contributed by atoms with E-state index in [1.54, 1.807) is 24.3 Å². The van der Waals surface area contributed by atoms with Gasteiger partial charge in [0.2, 0.25) is 10.0 Å². The minimum Gasteiger partial charge on any atom is -0.492 e. The van der Waals surface area contributed by atoms with Crippen LogP contribution in [0.25, 0.3) is 0 Å². The minimum atomic E-state index is -3.27. The van der Waals surface area contributed by atoms with Crippen molar-refractivity contribution in [1.82, 2.24) is 0 Å². The van der Waals surface area contributed by atoms with Crippen LogP contribution in [0.5, 0.6) is 5.75 Å². The highest BCUT2D eigenvalue weighted by molar-refractivity contribution is 7.92. The van der Waals surface area contributed by atoms with Gasteiger partial charge < -0.3 is 10.5 Å². The molecule has 102 valence electrons. The van der Waals surface area contributed by atoms with Crippen LogP contribution in [0.15, 0.2) is 24.3 Å². The van der Waals surface area contributed by atoms with E-state index in [1.165, 1.54) is 0 Å². The van der Waals surface area contributed by atoms with Gasteiger partial charge in [0.15, 0.2) is 0 Å². The molecule has 5 nitrogen and oxygen atoms in total. The van der Waals surface area contributed by atoms with Gasteiger partial charge in [-0.15, -0.1) is 0 Å². The number of anilines is 1. The van der Waals surface area contributed by atoms with E-state index in [-0.39, 0.29) is 11.7 Å². The Bertz CT molecular complexity index is 455. The fraction of sp³-hybridized carbons (Fsp3) is 0.500. The fourth-order valence-electron chi connectivity index (χ4n) is 1.46. The molecule has 0 amide bonds. The Balaban J connectivity index is 2.63. The molecule has 0 saturated heterocycles. The second-order valence-electron chi connectivity index (χ2n) is 4.44. The molecule has 3 N–H and O–H groups in total. The zero-order valence-electron chi connectivity index (χ0n) is 10.7. The van der Waals surface area contributed by atoms with Gasteiger partial charge in [-0.1, -0.05) is 13.8 Å². The third kappa shape index (κ3) is 5.37. The summed E-state index contributed by atoms with van der Waals surface area (Å²) >= 11 is 0. The predicted octanol–water partition coefficient (Wildman–Crippen LogP) is 1.42. The number of nitrogens with two attached hydrogens (primary N) is 1. The van der Waals surface area contributed by atoms with E-state index < -0.39 is 10.0 Å². The van der Waals surface area contributed by atoms with Crippen molar-refractivity contribution in [3.8, 4) is 5.75 Å². The molecule has 0 heterocycles. The first kappa shape index (κ1) is 14.8. The van der Waals surface area contributed by atoms with E-state index in [0.29, 0.717) is 24.6 Å². The van der Waals surface area contributed by atoms with Crippen LogP contribution < -0.4 is 15.2 Å². The molecular weight excluding hydrogens is 252 g/mol. The lowest BCUT2D eigenvalue weighted by Gasteiger charge is -2.10. The lowest BCUT2D eigenvalue weighted by Crippen LogP contribution is -2.19. The van der Waals surface area contributed by atoms with Crippen molar-refractivity contribution in [1.29, 1.82) is 0 Å². The first-order chi connectivity index (χ1) is 8.43. The number of rotatable bonds is 7. The average Bonchev–Trinajstić information content (AvgIpc) is 2.26. The highest BCUT2D eigenvalue weighted by Crippen LogP contribution is 2.17. The van der Waals surface area contributed by atoms with Crippen LogP contribution >= 0.6 is 0 Å². The molecule has 0 atom stereocenters. The zero-order valence-corrected chi connectivity index (χ0v) is 11.5. The van der Waals surface area contributed by atoms with Gasteiger partial charge in [0.25, 0.3) is 0 Å². The summed E-state index contributed by atoms with van der Waals surface area (Å²) in [6.07, 6.45) is 0. The molecule has 6 heteroatoms. The number of hydrogen-bond acceptors (Lipinski definition) is 4. The molecule has 0 spiro atoms. The molecule has 0 aliphatic rings. The second kappa shape index (κ2) is 6.61. The van der Waals surface area contributed by atoms with Crippen LogP contribution in [0, 0.1) is 5.92 Å². The maximum Gasteiger partial charge on any atom is 0.232 e. The van der Waals surface area contributed by atoms with Crippen molar-refractivity contribution < 1.29 is 13.2 Å². The minimum absolute atomic E-state index is 0.0923. The monoisotopic (exact) mass is 272 g/mol. The van der Waals surface area contributed by atoms with Gasteiger partial charge in [0.1, 0.15) is 12.4 Å². The first-order valence-electron chi connectivity index (χ1n) is 5.86. The third-order valence-corrected chi connectivity index (χ3v) is 3.72. The Kier molecular flexibility index (Phi) is 5.43. The van der Waals surface area contributed by atoms with Crippen LogP contribution in [-0.4, -0.2) is 27.3 Å². The number of ether oxygens (including phenoxy) is 1. The summed E-state index contributed by atoms with van der Waals surface area (Å²) in [5, 5.41) is 0. The highest BCUT2D eigenvalue weighted by Gasteiger charge is 2.12. The first-order valence-corrected chi connectivity index (χ1v) is 7.51. The molecule has 18 heavy (non-hydrogen) atoms. The smallest absolute Gasteiger partial charge is 0.232 e. The van der Waals surface area contributed by atoms with E-state index in [1.807, 2.05) is 13.8 Å². The Morgan fingerprint density at radius 3 is 2.39 bits per heavy atom. The number of sulfonamides is 1. The van der Waals surface area contributed by atoms with Crippen molar-refractivity contribution in [2.45, 2.75) is 13.8 Å². The van der Waals surface area contributed by atoms with Gasteiger partial charge in [-0.2, -0.15) is 0 Å². The van der Waals surface area contributed by atoms with Crippen molar-refractivity contribution in [2.24, 2.45) is 11.7 Å². The second-order valence-corrected chi connectivity index (χ2v) is 6.21. The van der Waals surface area contributed by atoms with Gasteiger partial charge in [-0.25, -0.2) is 8.42 Å². The summed E-state index contributed by atoms with van der Waals surface area (Å²) in [5.41, 5.74) is 5.86. The van der Waals surface area contributed by atoms with E-state index in [0.717, 1.165) is 0 Å². The van der Waals surface area contributed by atoms with Gasteiger partial charge >= 0.3 is 0 Å². The molecule has 0 radical (unpaired) electrons. The lowest BCUT2D eigenvalue weighted by atomic mass is 10.3. The number of hydrogen-bond donors (Lipinski definition) is 2. The molecular formula is C12H20N2O3S. The van der Waals surface area contributed by atoms with Gasteiger partial charge in [-0.05, 0) is 30.2 Å². The Morgan fingerprint density at radius 2 is 1.89 bits per heavy atom. The predicted molar refractivity (Wildman–Crippen MR) is 73.2 cm³/mol. The van der Waals surface area contributed by atoms with Crippen molar-refractivity contribution in [3.63, 3.8) is 0 Å². The number of nitrogens with one attached hydrogen (secondary N) is 1. The molecule has 1 aromatic rings. The maximum absolute atomic E-state index is 11.7. The summed E-state index contributed by atoms with van der Waals surface area (Å²) < 4.78 is 31.2. The molecule has 0 aliphatic heterocycles. The molecule has 1 rings (SSSR count). The van der Waals surface area contributed by atoms with Crippen LogP contribution in [0.4, 0.5) is 5.69 Å². The van der Waals surface area contributed by atoms with Crippen LogP contribution in [-0.2, 0) is 10.0 Å². The molecule has 1 aromatic carbocycles. The highest BCUT2D eigenvalue weighted by atomic mass is 32.2. The Labute approximate surface area is 108 Å². The lowest BCUT2D eigenvalue weighted by molar-refractivity contribution is 0.328. The largest absolute Gasteiger partial charge is 0.492 e. The summed E-state index contributed by atoms with van der Waals surface area (Å²) in [5.74, 6) is 0.875. The Morgan fingerprint density at radius 1 is 1.28 bits per heavy atom. The summed E-state index contributed by atoms with van der Waals surface area (Å²) in [7, 11) is -3.27. The van der Waals surface area contributed by atoms with Gasteiger partial charge in [-0.3, -0.25) is 4.72 Å². The van der Waals surface area contributed by atoms with Gasteiger partial charge in [0, 0.05) is 12.2 Å². The molecule has 0 fully saturated rings. The molecule has 0 unspecified atom stereocenters. The normalized spacial score (nSPS) is 11.6. The summed E-state index contributed by atoms with van der Waals surface area (Å²) in [6, 6.07) is 6.76. The molecule has 0 saturated carbocycles. The van der Waals surface area contributed by atoms with E-state index >= 15 is 0 Å². The average molecular weight is 272 g/mol. The Hall–Kier alpha value is -1.27. The summed E-state index contributed by atoms with van der Waals surface area (Å²) in [6.45, 7) is 4.62. The maximum atomic E-state index is 11.7. The van der Waals surface area contributed by atoms with Crippen molar-refractivity contribution in [2.75, 3.05) is 23.6 Å². The topological polar surface area (TPSA) is 81.4 Å². The number of benzene rings is 1. The van der Waals surface area contributed by atoms with E-state index in [4.69, 9.17) is 10.5 Å². The van der Waals surface area contributed by atoms with Crippen LogP contribution in [0.1, 0.15) is 13.8 Å². The fourth-order valence-corrected chi connectivity index (χ4v) is 2.91. The van der Waals surface area contributed by atoms with Gasteiger partial charge in [0.05, 0.1) is 5.75 Å². The molecule has 0 aromatic heterocycles. The van der Waals surface area contributed by atoms with E-state index in [9.17, 15) is 8.42 Å². The van der Waals surface area contributed by atoms with Crippen molar-refractivity contribution >= 4 is 15.7 Å².